The minimum absolute atomic E-state index is 0.0927. The predicted molar refractivity (Wildman–Crippen MR) is 145 cm³/mol. The van der Waals surface area contributed by atoms with Crippen molar-refractivity contribution in [1.29, 1.82) is 0 Å². The van der Waals surface area contributed by atoms with Gasteiger partial charge in [-0.05, 0) is 75.6 Å². The Balaban J connectivity index is 1.81. The molecule has 36 heavy (non-hydrogen) atoms. The lowest BCUT2D eigenvalue weighted by molar-refractivity contribution is -0.120. The number of ether oxygens (including phenoxy) is 2. The van der Waals surface area contributed by atoms with Crippen LogP contribution in [0.3, 0.4) is 0 Å². The summed E-state index contributed by atoms with van der Waals surface area (Å²) in [7, 11) is -4.06. The van der Waals surface area contributed by atoms with Crippen molar-refractivity contribution in [1.82, 2.24) is 5.32 Å². The Morgan fingerprint density at radius 2 is 1.67 bits per heavy atom. The first-order valence-electron chi connectivity index (χ1n) is 11.6. The highest BCUT2D eigenvalue weighted by Crippen LogP contribution is 2.33. The highest BCUT2D eigenvalue weighted by molar-refractivity contribution is 7.98. The van der Waals surface area contributed by atoms with Gasteiger partial charge in [-0.15, -0.1) is 11.8 Å². The van der Waals surface area contributed by atoms with Crippen molar-refractivity contribution in [2.75, 3.05) is 30.3 Å². The van der Waals surface area contributed by atoms with Gasteiger partial charge in [0.1, 0.15) is 24.7 Å². The fourth-order valence-electron chi connectivity index (χ4n) is 3.46. The summed E-state index contributed by atoms with van der Waals surface area (Å²) in [6.07, 6.45) is 1.92. The molecule has 0 aliphatic heterocycles. The highest BCUT2D eigenvalue weighted by atomic mass is 32.2. The van der Waals surface area contributed by atoms with Gasteiger partial charge in [-0.25, -0.2) is 8.42 Å². The maximum Gasteiger partial charge on any atom is 0.264 e. The van der Waals surface area contributed by atoms with Crippen LogP contribution >= 0.6 is 11.8 Å². The molecule has 1 unspecified atom stereocenters. The largest absolute Gasteiger partial charge is 0.492 e. The zero-order valence-electron chi connectivity index (χ0n) is 20.9. The number of aryl methyl sites for hydroxylation is 1. The maximum atomic E-state index is 13.7. The van der Waals surface area contributed by atoms with Gasteiger partial charge in [-0.3, -0.25) is 9.10 Å². The number of amides is 1. The molecule has 0 saturated carbocycles. The Kier molecular flexibility index (Phi) is 9.66. The van der Waals surface area contributed by atoms with E-state index in [1.807, 2.05) is 44.4 Å². The van der Waals surface area contributed by atoms with E-state index in [4.69, 9.17) is 9.47 Å². The number of nitrogens with zero attached hydrogens (tertiary/aromatic N) is 1. The van der Waals surface area contributed by atoms with Crippen LogP contribution in [0.25, 0.3) is 0 Å². The van der Waals surface area contributed by atoms with Crippen LogP contribution in [0.15, 0.2) is 82.6 Å². The fraction of sp³-hybridized carbons (Fsp3) is 0.296. The van der Waals surface area contributed by atoms with E-state index in [2.05, 4.69) is 5.32 Å². The molecule has 9 heteroatoms. The van der Waals surface area contributed by atoms with E-state index < -0.39 is 22.5 Å². The second-order valence-corrected chi connectivity index (χ2v) is 10.9. The van der Waals surface area contributed by atoms with Gasteiger partial charge in [0.05, 0.1) is 23.2 Å². The summed E-state index contributed by atoms with van der Waals surface area (Å²) in [5.41, 5.74) is 1.42. The molecular formula is C27H32N2O5S2. The van der Waals surface area contributed by atoms with Crippen molar-refractivity contribution in [3.8, 4) is 11.5 Å². The molecule has 1 atom stereocenters. The fourth-order valence-corrected chi connectivity index (χ4v) is 5.30. The summed E-state index contributed by atoms with van der Waals surface area (Å²) in [6.45, 7) is 5.80. The number of rotatable bonds is 12. The van der Waals surface area contributed by atoms with Crippen molar-refractivity contribution < 1.29 is 22.7 Å². The lowest BCUT2D eigenvalue weighted by atomic mass is 10.2. The zero-order chi connectivity index (χ0) is 26.1. The molecule has 3 aromatic rings. The van der Waals surface area contributed by atoms with Crippen molar-refractivity contribution >= 4 is 33.4 Å². The Morgan fingerprint density at radius 1 is 1.00 bits per heavy atom. The number of hydrogen-bond acceptors (Lipinski definition) is 6. The molecule has 7 nitrogen and oxygen atoms in total. The van der Waals surface area contributed by atoms with E-state index >= 15 is 0 Å². The van der Waals surface area contributed by atoms with Crippen LogP contribution in [0.4, 0.5) is 5.69 Å². The van der Waals surface area contributed by atoms with E-state index in [0.29, 0.717) is 23.8 Å². The van der Waals surface area contributed by atoms with E-state index in [-0.39, 0.29) is 17.5 Å². The monoisotopic (exact) mass is 528 g/mol. The van der Waals surface area contributed by atoms with Crippen LogP contribution in [0.1, 0.15) is 19.4 Å². The van der Waals surface area contributed by atoms with Crippen LogP contribution in [-0.2, 0) is 14.8 Å². The predicted octanol–water partition coefficient (Wildman–Crippen LogP) is 4.89. The first kappa shape index (κ1) is 27.4. The molecule has 1 amide bonds. The molecule has 0 saturated heterocycles. The summed E-state index contributed by atoms with van der Waals surface area (Å²) in [6, 6.07) is 20.7. The molecule has 0 aliphatic carbocycles. The third-order valence-electron chi connectivity index (χ3n) is 5.30. The van der Waals surface area contributed by atoms with Gasteiger partial charge in [0.25, 0.3) is 10.0 Å². The molecule has 3 aromatic carbocycles. The standard InChI is InChI=1S/C27H32N2O5S2/c1-5-33-26-9-7-6-8-25(26)29(36(31,32)24-16-14-23(35-4)15-17-24)18-27(30)28-21(3)19-34-22-12-10-20(2)11-13-22/h6-17,21H,5,18-19H2,1-4H3,(H,28,30). The second kappa shape index (κ2) is 12.7. The third kappa shape index (κ3) is 7.18. The molecule has 0 fully saturated rings. The average molecular weight is 529 g/mol. The van der Waals surface area contributed by atoms with Gasteiger partial charge in [-0.1, -0.05) is 29.8 Å². The number of para-hydroxylation sites is 2. The average Bonchev–Trinajstić information content (AvgIpc) is 2.87. The molecule has 0 aliphatic rings. The van der Waals surface area contributed by atoms with Crippen LogP contribution in [0, 0.1) is 6.92 Å². The van der Waals surface area contributed by atoms with Crippen LogP contribution in [-0.4, -0.2) is 46.4 Å². The molecule has 0 radical (unpaired) electrons. The smallest absolute Gasteiger partial charge is 0.264 e. The molecule has 192 valence electrons. The number of thioether (sulfide) groups is 1. The highest BCUT2D eigenvalue weighted by Gasteiger charge is 2.29. The molecule has 0 spiro atoms. The van der Waals surface area contributed by atoms with Crippen molar-refractivity contribution in [3.63, 3.8) is 0 Å². The SMILES string of the molecule is CCOc1ccccc1N(CC(=O)NC(C)COc1ccc(C)cc1)S(=O)(=O)c1ccc(SC)cc1. The van der Waals surface area contributed by atoms with Crippen molar-refractivity contribution in [2.24, 2.45) is 0 Å². The van der Waals surface area contributed by atoms with Gasteiger partial charge >= 0.3 is 0 Å². The Bertz CT molecular complexity index is 1250. The lowest BCUT2D eigenvalue weighted by Gasteiger charge is -2.26. The van der Waals surface area contributed by atoms with Crippen LogP contribution in [0.2, 0.25) is 0 Å². The normalized spacial score (nSPS) is 12.0. The van der Waals surface area contributed by atoms with Crippen molar-refractivity contribution in [3.05, 3.63) is 78.4 Å². The quantitative estimate of drug-likeness (QED) is 0.337. The lowest BCUT2D eigenvalue weighted by Crippen LogP contribution is -2.45. The molecule has 0 heterocycles. The minimum Gasteiger partial charge on any atom is -0.492 e. The molecule has 3 rings (SSSR count). The first-order chi connectivity index (χ1) is 17.2. The van der Waals surface area contributed by atoms with Gasteiger partial charge in [0, 0.05) is 4.90 Å². The number of carbonyl (C=O) groups is 1. The van der Waals surface area contributed by atoms with Gasteiger partial charge in [-0.2, -0.15) is 0 Å². The van der Waals surface area contributed by atoms with Gasteiger partial charge in [0.15, 0.2) is 0 Å². The number of benzene rings is 3. The first-order valence-corrected chi connectivity index (χ1v) is 14.3. The molecule has 1 N–H and O–H groups in total. The zero-order valence-corrected chi connectivity index (χ0v) is 22.6. The van der Waals surface area contributed by atoms with E-state index in [1.165, 1.54) is 11.8 Å². The number of anilines is 1. The second-order valence-electron chi connectivity index (χ2n) is 8.18. The molecular weight excluding hydrogens is 496 g/mol. The molecule has 0 bridgehead atoms. The topological polar surface area (TPSA) is 84.9 Å². The van der Waals surface area contributed by atoms with Gasteiger partial charge in [0.2, 0.25) is 5.91 Å². The van der Waals surface area contributed by atoms with Gasteiger partial charge < -0.3 is 14.8 Å². The van der Waals surface area contributed by atoms with E-state index in [0.717, 1.165) is 14.8 Å². The van der Waals surface area contributed by atoms with Crippen molar-refractivity contribution in [2.45, 2.75) is 36.6 Å². The van der Waals surface area contributed by atoms with E-state index in [9.17, 15) is 13.2 Å². The number of nitrogens with one attached hydrogen (secondary N) is 1. The summed E-state index contributed by atoms with van der Waals surface area (Å²) in [5.74, 6) is 0.628. The Hall–Kier alpha value is -3.17. The van der Waals surface area contributed by atoms with Crippen LogP contribution in [0.5, 0.6) is 11.5 Å². The third-order valence-corrected chi connectivity index (χ3v) is 7.81. The summed E-state index contributed by atoms with van der Waals surface area (Å²) >= 11 is 1.52. The van der Waals surface area contributed by atoms with E-state index in [1.54, 1.807) is 55.5 Å². The summed E-state index contributed by atoms with van der Waals surface area (Å²) in [5, 5.41) is 2.84. The Labute approximate surface area is 217 Å². The van der Waals surface area contributed by atoms with Crippen LogP contribution < -0.4 is 19.1 Å². The number of carbonyl (C=O) groups excluding carboxylic acids is 1. The minimum atomic E-state index is -4.06. The molecule has 0 aromatic heterocycles. The number of sulfonamides is 1. The maximum absolute atomic E-state index is 13.7. The Morgan fingerprint density at radius 3 is 2.31 bits per heavy atom. The summed E-state index contributed by atoms with van der Waals surface area (Å²) < 4.78 is 39.9. The summed E-state index contributed by atoms with van der Waals surface area (Å²) in [4.78, 5) is 14.1. The number of hydrogen-bond donors (Lipinski definition) is 1.